The zero-order valence-electron chi connectivity index (χ0n) is 15.2. The maximum atomic E-state index is 12.8. The number of hydrogen-bond donors (Lipinski definition) is 1. The molecule has 1 unspecified atom stereocenters. The van der Waals surface area contributed by atoms with Crippen LogP contribution >= 0.6 is 11.6 Å². The van der Waals surface area contributed by atoms with E-state index in [-0.39, 0.29) is 18.0 Å². The largest absolute Gasteiger partial charge is 0.354 e. The van der Waals surface area contributed by atoms with Crippen molar-refractivity contribution in [2.45, 2.75) is 32.0 Å². The number of halogens is 1. The summed E-state index contributed by atoms with van der Waals surface area (Å²) in [6, 6.07) is 12.7. The second-order valence-electron chi connectivity index (χ2n) is 7.13. The first-order valence-electron chi connectivity index (χ1n) is 9.25. The van der Waals surface area contributed by atoms with Crippen LogP contribution in [0.3, 0.4) is 0 Å². The van der Waals surface area contributed by atoms with E-state index in [4.69, 9.17) is 11.6 Å². The predicted octanol–water partition coefficient (Wildman–Crippen LogP) is 3.67. The molecule has 1 atom stereocenters. The highest BCUT2D eigenvalue weighted by atomic mass is 35.5. The van der Waals surface area contributed by atoms with Crippen LogP contribution in [0.15, 0.2) is 42.5 Å². The van der Waals surface area contributed by atoms with E-state index >= 15 is 0 Å². The van der Waals surface area contributed by atoms with E-state index in [0.29, 0.717) is 22.7 Å². The molecule has 0 aliphatic carbocycles. The lowest BCUT2D eigenvalue weighted by atomic mass is 9.97. The number of rotatable bonds is 3. The van der Waals surface area contributed by atoms with E-state index < -0.39 is 0 Å². The van der Waals surface area contributed by atoms with E-state index in [9.17, 15) is 9.59 Å². The van der Waals surface area contributed by atoms with Crippen LogP contribution < -0.4 is 10.2 Å². The van der Waals surface area contributed by atoms with Crippen molar-refractivity contribution >= 4 is 29.1 Å². The van der Waals surface area contributed by atoms with Gasteiger partial charge in [0, 0.05) is 30.7 Å². The van der Waals surface area contributed by atoms with Gasteiger partial charge in [-0.25, -0.2) is 0 Å². The normalized spacial score (nSPS) is 18.7. The third kappa shape index (κ3) is 3.39. The molecule has 2 aliphatic rings. The van der Waals surface area contributed by atoms with E-state index in [2.05, 4.69) is 10.2 Å². The van der Waals surface area contributed by atoms with Gasteiger partial charge >= 0.3 is 0 Å². The van der Waals surface area contributed by atoms with Gasteiger partial charge < -0.3 is 15.1 Å². The molecule has 2 heterocycles. The van der Waals surface area contributed by atoms with Gasteiger partial charge in [0.15, 0.2) is 0 Å². The lowest BCUT2D eigenvalue weighted by molar-refractivity contribution is 0.0589. The van der Waals surface area contributed by atoms with Gasteiger partial charge in [-0.05, 0) is 55.2 Å². The molecule has 2 aromatic rings. The van der Waals surface area contributed by atoms with Crippen LogP contribution in [0.2, 0.25) is 5.02 Å². The first kappa shape index (κ1) is 17.9. The number of hydrogen-bond acceptors (Lipinski definition) is 3. The monoisotopic (exact) mass is 383 g/mol. The molecule has 1 N–H and O–H groups in total. The number of carbonyl (C=O) groups is 2. The van der Waals surface area contributed by atoms with Gasteiger partial charge in [-0.2, -0.15) is 0 Å². The topological polar surface area (TPSA) is 52.7 Å². The molecule has 0 spiro atoms. The van der Waals surface area contributed by atoms with E-state index in [0.717, 1.165) is 37.1 Å². The van der Waals surface area contributed by atoms with Gasteiger partial charge in [0.2, 0.25) is 0 Å². The lowest BCUT2D eigenvalue weighted by Gasteiger charge is -2.46. The third-order valence-corrected chi connectivity index (χ3v) is 5.67. The molecule has 2 aromatic carbocycles. The Morgan fingerprint density at radius 1 is 1.19 bits per heavy atom. The zero-order valence-corrected chi connectivity index (χ0v) is 16.0. The minimum atomic E-state index is -0.153. The Bertz CT molecular complexity index is 881. The van der Waals surface area contributed by atoms with Crippen LogP contribution in [0.4, 0.5) is 5.69 Å². The van der Waals surface area contributed by atoms with Gasteiger partial charge in [0.1, 0.15) is 6.17 Å². The maximum Gasteiger partial charge on any atom is 0.257 e. The van der Waals surface area contributed by atoms with Gasteiger partial charge in [0.05, 0.1) is 11.3 Å². The van der Waals surface area contributed by atoms with Crippen molar-refractivity contribution in [3.05, 3.63) is 64.2 Å². The molecular weight excluding hydrogens is 362 g/mol. The highest BCUT2D eigenvalue weighted by Crippen LogP contribution is 2.34. The van der Waals surface area contributed by atoms with Crippen molar-refractivity contribution in [3.63, 3.8) is 0 Å². The summed E-state index contributed by atoms with van der Waals surface area (Å²) in [6.07, 6.45) is 3.23. The van der Waals surface area contributed by atoms with Crippen LogP contribution in [0.25, 0.3) is 0 Å². The molecule has 140 valence electrons. The van der Waals surface area contributed by atoms with Crippen molar-refractivity contribution < 1.29 is 9.59 Å². The van der Waals surface area contributed by atoms with Crippen molar-refractivity contribution in [1.82, 2.24) is 10.2 Å². The zero-order chi connectivity index (χ0) is 19.0. The molecular formula is C21H22ClN3O2. The Labute approximate surface area is 163 Å². The Balaban J connectivity index is 1.53. The fraction of sp³-hybridized carbons (Fsp3) is 0.333. The van der Waals surface area contributed by atoms with Gasteiger partial charge in [-0.15, -0.1) is 0 Å². The molecule has 0 aromatic heterocycles. The van der Waals surface area contributed by atoms with E-state index in [1.807, 2.05) is 30.1 Å². The molecule has 0 saturated carbocycles. The van der Waals surface area contributed by atoms with Crippen LogP contribution in [-0.4, -0.2) is 36.5 Å². The number of fused-ring (bicyclic) bond motifs is 2. The lowest BCUT2D eigenvalue weighted by Crippen LogP contribution is -2.55. The molecule has 27 heavy (non-hydrogen) atoms. The number of nitrogens with zero attached hydrogens (tertiary/aromatic N) is 2. The standard InChI is InChI=1S/C21H22ClN3O2/c1-24-18-12-15(20(26)23-13-14-5-8-16(22)9-6-14)7-10-17(18)21(27)25-11-3-2-4-19(24)25/h5-10,12,19H,2-4,11,13H2,1H3,(H,23,26). The minimum Gasteiger partial charge on any atom is -0.354 e. The summed E-state index contributed by atoms with van der Waals surface area (Å²) in [5, 5.41) is 3.60. The average molecular weight is 384 g/mol. The molecule has 5 nitrogen and oxygen atoms in total. The first-order chi connectivity index (χ1) is 13.0. The van der Waals surface area contributed by atoms with E-state index in [1.54, 1.807) is 24.3 Å². The summed E-state index contributed by atoms with van der Waals surface area (Å²) < 4.78 is 0. The molecule has 4 rings (SSSR count). The number of piperidine rings is 1. The third-order valence-electron chi connectivity index (χ3n) is 5.42. The van der Waals surface area contributed by atoms with Gasteiger partial charge in [0.25, 0.3) is 11.8 Å². The molecule has 1 fully saturated rings. The Kier molecular flexibility index (Phi) is 4.79. The smallest absolute Gasteiger partial charge is 0.257 e. The average Bonchev–Trinajstić information content (AvgIpc) is 2.71. The van der Waals surface area contributed by atoms with Crippen molar-refractivity contribution in [1.29, 1.82) is 0 Å². The predicted molar refractivity (Wildman–Crippen MR) is 106 cm³/mol. The molecule has 1 saturated heterocycles. The SMILES string of the molecule is CN1c2cc(C(=O)NCc3ccc(Cl)cc3)ccc2C(=O)N2CCCCC21. The van der Waals surface area contributed by atoms with Crippen LogP contribution in [0, 0.1) is 0 Å². The second-order valence-corrected chi connectivity index (χ2v) is 7.56. The summed E-state index contributed by atoms with van der Waals surface area (Å²) >= 11 is 5.89. The fourth-order valence-electron chi connectivity index (χ4n) is 3.90. The number of nitrogens with one attached hydrogen (secondary N) is 1. The van der Waals surface area contributed by atoms with E-state index in [1.165, 1.54) is 0 Å². The summed E-state index contributed by atoms with van der Waals surface area (Å²) in [7, 11) is 2.00. The Hall–Kier alpha value is -2.53. The summed E-state index contributed by atoms with van der Waals surface area (Å²) in [5.74, 6) is -0.0828. The first-order valence-corrected chi connectivity index (χ1v) is 9.63. The van der Waals surface area contributed by atoms with Crippen LogP contribution in [0.5, 0.6) is 0 Å². The summed E-state index contributed by atoms with van der Waals surface area (Å²) in [5.41, 5.74) is 3.05. The fourth-order valence-corrected chi connectivity index (χ4v) is 4.03. The summed E-state index contributed by atoms with van der Waals surface area (Å²) in [4.78, 5) is 29.5. The molecule has 2 amide bonds. The number of benzene rings is 2. The van der Waals surface area contributed by atoms with Gasteiger partial charge in [-0.1, -0.05) is 23.7 Å². The molecule has 2 aliphatic heterocycles. The highest BCUT2D eigenvalue weighted by Gasteiger charge is 2.37. The number of amides is 2. The summed E-state index contributed by atoms with van der Waals surface area (Å²) in [6.45, 7) is 1.23. The second kappa shape index (κ2) is 7.24. The Morgan fingerprint density at radius 2 is 1.96 bits per heavy atom. The Morgan fingerprint density at radius 3 is 2.74 bits per heavy atom. The molecule has 0 radical (unpaired) electrons. The quantitative estimate of drug-likeness (QED) is 0.879. The van der Waals surface area contributed by atoms with Crippen molar-refractivity contribution in [2.24, 2.45) is 0 Å². The number of anilines is 1. The highest BCUT2D eigenvalue weighted by molar-refractivity contribution is 6.30. The van der Waals surface area contributed by atoms with Crippen LogP contribution in [0.1, 0.15) is 45.5 Å². The minimum absolute atomic E-state index is 0.0703. The maximum absolute atomic E-state index is 12.8. The molecule has 6 heteroatoms. The van der Waals surface area contributed by atoms with Crippen molar-refractivity contribution in [2.75, 3.05) is 18.5 Å². The number of carbonyl (C=O) groups excluding carboxylic acids is 2. The van der Waals surface area contributed by atoms with Gasteiger partial charge in [-0.3, -0.25) is 9.59 Å². The van der Waals surface area contributed by atoms with Crippen molar-refractivity contribution in [3.8, 4) is 0 Å². The molecule has 0 bridgehead atoms. The van der Waals surface area contributed by atoms with Crippen LogP contribution in [-0.2, 0) is 6.54 Å².